The van der Waals surface area contributed by atoms with E-state index >= 15 is 0 Å². The van der Waals surface area contributed by atoms with E-state index in [1.807, 2.05) is 0 Å². The Kier molecular flexibility index (Phi) is 9.80. The molecule has 0 atom stereocenters. The molecule has 2 N–H and O–H groups in total. The second-order valence-corrected chi connectivity index (χ2v) is 11.7. The van der Waals surface area contributed by atoms with Gasteiger partial charge in [0, 0.05) is 38.4 Å². The van der Waals surface area contributed by atoms with Crippen LogP contribution in [-0.2, 0) is 19.1 Å². The molecule has 1 aromatic rings. The Morgan fingerprint density at radius 3 is 2.12 bits per heavy atom. The number of nitrogens with one attached hydrogen (secondary N) is 2. The molecule has 222 valence electrons. The fraction of sp³-hybridized carbons (Fsp3) is 0.704. The second kappa shape index (κ2) is 12.7. The molecule has 3 rings (SSSR count). The monoisotopic (exact) mass is 562 g/mol. The number of amides is 4. The van der Waals surface area contributed by atoms with Gasteiger partial charge in [0.1, 0.15) is 17.0 Å². The zero-order valence-electron chi connectivity index (χ0n) is 24.3. The number of esters is 1. The molecule has 2 heterocycles. The highest BCUT2D eigenvalue weighted by molar-refractivity contribution is 5.90. The molecule has 2 aliphatic rings. The van der Waals surface area contributed by atoms with Crippen molar-refractivity contribution in [3.63, 3.8) is 0 Å². The number of rotatable bonds is 6. The molecule has 0 radical (unpaired) electrons. The molecule has 0 unspecified atom stereocenters. The summed E-state index contributed by atoms with van der Waals surface area (Å²) in [4.78, 5) is 69.9. The second-order valence-electron chi connectivity index (χ2n) is 11.7. The van der Waals surface area contributed by atoms with Crippen molar-refractivity contribution in [3.05, 3.63) is 22.7 Å². The molecule has 0 bridgehead atoms. The van der Waals surface area contributed by atoms with Gasteiger partial charge in [-0.2, -0.15) is 4.98 Å². The first-order valence-electron chi connectivity index (χ1n) is 13.8. The van der Waals surface area contributed by atoms with Crippen molar-refractivity contribution in [3.8, 4) is 0 Å². The summed E-state index contributed by atoms with van der Waals surface area (Å²) in [5.41, 5.74) is -2.33. The Morgan fingerprint density at radius 2 is 1.57 bits per heavy atom. The lowest BCUT2D eigenvalue weighted by Crippen LogP contribution is -2.60. The number of carbonyl (C=O) groups excluding carboxylic acids is 4. The molecule has 40 heavy (non-hydrogen) atoms. The smallest absolute Gasteiger partial charge is 0.408 e. The van der Waals surface area contributed by atoms with Crippen LogP contribution in [0.3, 0.4) is 0 Å². The number of piperazine rings is 1. The third kappa shape index (κ3) is 8.18. The molecule has 4 amide bonds. The van der Waals surface area contributed by atoms with E-state index < -0.39 is 29.0 Å². The largest absolute Gasteiger partial charge is 0.466 e. The van der Waals surface area contributed by atoms with Crippen LogP contribution < -0.4 is 16.3 Å². The number of hydrogen-bond acceptors (Lipinski definition) is 8. The minimum atomic E-state index is -1.18. The van der Waals surface area contributed by atoms with E-state index in [4.69, 9.17) is 9.47 Å². The Labute approximate surface area is 234 Å². The summed E-state index contributed by atoms with van der Waals surface area (Å²) in [6.07, 6.45) is 3.58. The van der Waals surface area contributed by atoms with E-state index in [-0.39, 0.29) is 55.8 Å². The fourth-order valence-electron chi connectivity index (χ4n) is 4.92. The van der Waals surface area contributed by atoms with Crippen LogP contribution in [0.15, 0.2) is 17.1 Å². The summed E-state index contributed by atoms with van der Waals surface area (Å²) >= 11 is 0. The first-order valence-corrected chi connectivity index (χ1v) is 13.8. The topological polar surface area (TPSA) is 152 Å². The molecule has 1 saturated heterocycles. The van der Waals surface area contributed by atoms with Gasteiger partial charge in [-0.3, -0.25) is 19.5 Å². The zero-order valence-corrected chi connectivity index (χ0v) is 24.3. The predicted molar refractivity (Wildman–Crippen MR) is 147 cm³/mol. The van der Waals surface area contributed by atoms with Gasteiger partial charge in [0.25, 0.3) is 0 Å². The third-order valence-corrected chi connectivity index (χ3v) is 6.98. The Hall–Kier alpha value is -3.64. The maximum absolute atomic E-state index is 13.0. The predicted octanol–water partition coefficient (Wildman–Crippen LogP) is 2.52. The summed E-state index contributed by atoms with van der Waals surface area (Å²) in [5.74, 6) is -0.454. The highest BCUT2D eigenvalue weighted by Crippen LogP contribution is 2.32. The molecule has 13 heteroatoms. The van der Waals surface area contributed by atoms with Crippen molar-refractivity contribution in [2.75, 3.05) is 38.1 Å². The van der Waals surface area contributed by atoms with Crippen molar-refractivity contribution in [2.24, 2.45) is 5.92 Å². The SMILES string of the molecule is CCOC(=O)[C@H]1CC[C@@H](n2ccc(NC(=O)N3CCN(C(=O)C(C)(C)NC(=O)OC(C)(C)C)CC3)nc2=O)CC1. The minimum Gasteiger partial charge on any atom is -0.466 e. The lowest BCUT2D eigenvalue weighted by Gasteiger charge is -2.38. The molecule has 0 aromatic carbocycles. The van der Waals surface area contributed by atoms with Crippen molar-refractivity contribution >= 4 is 29.8 Å². The Bertz CT molecular complexity index is 1140. The molecule has 1 saturated carbocycles. The first kappa shape index (κ1) is 30.9. The van der Waals surface area contributed by atoms with E-state index in [0.29, 0.717) is 32.3 Å². The number of ether oxygens (including phenoxy) is 2. The lowest BCUT2D eigenvalue weighted by atomic mass is 9.86. The van der Waals surface area contributed by atoms with Gasteiger partial charge in [-0.25, -0.2) is 14.4 Å². The first-order chi connectivity index (χ1) is 18.7. The van der Waals surface area contributed by atoms with Crippen molar-refractivity contribution in [1.82, 2.24) is 24.7 Å². The summed E-state index contributed by atoms with van der Waals surface area (Å²) < 4.78 is 11.9. The van der Waals surface area contributed by atoms with E-state index in [0.717, 1.165) is 0 Å². The molecule has 1 aliphatic carbocycles. The van der Waals surface area contributed by atoms with Gasteiger partial charge in [-0.1, -0.05) is 0 Å². The highest BCUT2D eigenvalue weighted by Gasteiger charge is 2.37. The normalized spacial score (nSPS) is 19.9. The number of carbonyl (C=O) groups is 4. The van der Waals surface area contributed by atoms with Gasteiger partial charge >= 0.3 is 23.8 Å². The van der Waals surface area contributed by atoms with Gasteiger partial charge in [0.05, 0.1) is 12.5 Å². The highest BCUT2D eigenvalue weighted by atomic mass is 16.6. The molecular formula is C27H42N6O7. The van der Waals surface area contributed by atoms with Crippen molar-refractivity contribution in [2.45, 2.75) is 84.4 Å². The van der Waals surface area contributed by atoms with E-state index in [1.54, 1.807) is 68.2 Å². The summed E-state index contributed by atoms with van der Waals surface area (Å²) in [5, 5.41) is 5.28. The molecule has 1 aliphatic heterocycles. The minimum absolute atomic E-state index is 0.0601. The Morgan fingerprint density at radius 1 is 0.975 bits per heavy atom. The van der Waals surface area contributed by atoms with Crippen LogP contribution in [0.25, 0.3) is 0 Å². The number of urea groups is 1. The van der Waals surface area contributed by atoms with Crippen molar-refractivity contribution < 1.29 is 28.7 Å². The number of aromatic nitrogens is 2. The third-order valence-electron chi connectivity index (χ3n) is 6.98. The molecule has 1 aromatic heterocycles. The van der Waals surface area contributed by atoms with Crippen LogP contribution in [0.2, 0.25) is 0 Å². The van der Waals surface area contributed by atoms with Gasteiger partial charge in [-0.05, 0) is 73.3 Å². The quantitative estimate of drug-likeness (QED) is 0.502. The molecular weight excluding hydrogens is 520 g/mol. The van der Waals surface area contributed by atoms with Crippen LogP contribution in [-0.4, -0.2) is 87.3 Å². The number of anilines is 1. The Balaban J connectivity index is 1.49. The summed E-state index contributed by atoms with van der Waals surface area (Å²) in [6.45, 7) is 11.7. The maximum Gasteiger partial charge on any atom is 0.408 e. The standard InChI is InChI=1S/C27H42N6O7/c1-7-39-21(34)18-8-10-19(11-9-18)33-13-12-20(29-24(33)37)28-23(36)32-16-14-31(15-17-32)22(35)27(5,6)30-25(38)40-26(2,3)4/h12-13,18-19H,7-11,14-17H2,1-6H3,(H,30,38)(H,28,29,36,37)/t18-,19+. The molecule has 0 spiro atoms. The average Bonchev–Trinajstić information content (AvgIpc) is 2.87. The number of alkyl carbamates (subject to hydrolysis) is 1. The summed E-state index contributed by atoms with van der Waals surface area (Å²) in [7, 11) is 0. The number of hydrogen-bond donors (Lipinski definition) is 2. The molecule has 2 fully saturated rings. The molecule has 13 nitrogen and oxygen atoms in total. The average molecular weight is 563 g/mol. The summed E-state index contributed by atoms with van der Waals surface area (Å²) in [6, 6.07) is 1.11. The van der Waals surface area contributed by atoms with E-state index in [9.17, 15) is 24.0 Å². The van der Waals surface area contributed by atoms with Crippen LogP contribution in [0.1, 0.15) is 73.3 Å². The van der Waals surface area contributed by atoms with Crippen molar-refractivity contribution in [1.29, 1.82) is 0 Å². The van der Waals surface area contributed by atoms with Gasteiger partial charge < -0.3 is 24.6 Å². The number of nitrogens with zero attached hydrogens (tertiary/aromatic N) is 4. The maximum atomic E-state index is 13.0. The van der Waals surface area contributed by atoms with Crippen LogP contribution in [0.4, 0.5) is 15.4 Å². The van der Waals surface area contributed by atoms with Gasteiger partial charge in [0.15, 0.2) is 0 Å². The fourth-order valence-corrected chi connectivity index (χ4v) is 4.92. The van der Waals surface area contributed by atoms with Crippen LogP contribution in [0.5, 0.6) is 0 Å². The van der Waals surface area contributed by atoms with Gasteiger partial charge in [-0.15, -0.1) is 0 Å². The zero-order chi connectivity index (χ0) is 29.7. The lowest BCUT2D eigenvalue weighted by molar-refractivity contribution is -0.149. The van der Waals surface area contributed by atoms with Crippen LogP contribution in [0, 0.1) is 5.92 Å². The van der Waals surface area contributed by atoms with Gasteiger partial charge in [0.2, 0.25) is 5.91 Å². The van der Waals surface area contributed by atoms with Crippen LogP contribution >= 0.6 is 0 Å². The van der Waals surface area contributed by atoms with E-state index in [1.165, 1.54) is 0 Å². The van der Waals surface area contributed by atoms with E-state index in [2.05, 4.69) is 15.6 Å².